The summed E-state index contributed by atoms with van der Waals surface area (Å²) in [5.41, 5.74) is 1.30. The lowest BCUT2D eigenvalue weighted by molar-refractivity contribution is 0.210. The third-order valence-electron chi connectivity index (χ3n) is 3.90. The lowest BCUT2D eigenvalue weighted by Crippen LogP contribution is -2.43. The normalized spacial score (nSPS) is 21.2. The molecule has 1 aliphatic carbocycles. The molecule has 18 heavy (non-hydrogen) atoms. The first-order chi connectivity index (χ1) is 8.92. The Hall–Kier alpha value is -1.22. The fourth-order valence-electron chi connectivity index (χ4n) is 2.88. The predicted molar refractivity (Wildman–Crippen MR) is 74.4 cm³/mol. The van der Waals surface area contributed by atoms with Crippen LogP contribution in [0.25, 0.3) is 0 Å². The summed E-state index contributed by atoms with van der Waals surface area (Å²) >= 11 is 0. The number of nitrogens with one attached hydrogen (secondary N) is 1. The zero-order valence-electron chi connectivity index (χ0n) is 10.9. The highest BCUT2D eigenvalue weighted by Crippen LogP contribution is 2.27. The lowest BCUT2D eigenvalue weighted by atomic mass is 10.2. The van der Waals surface area contributed by atoms with Gasteiger partial charge in [0, 0.05) is 37.9 Å². The average molecular weight is 246 g/mol. The van der Waals surface area contributed by atoms with Crippen molar-refractivity contribution >= 4 is 5.69 Å². The number of hydrogen-bond acceptors (Lipinski definition) is 3. The molecule has 98 valence electrons. The summed E-state index contributed by atoms with van der Waals surface area (Å²) in [5.74, 6) is 1.04. The van der Waals surface area contributed by atoms with Gasteiger partial charge in [0.25, 0.3) is 0 Å². The number of ether oxygens (including phenoxy) is 1. The first-order valence-corrected chi connectivity index (χ1v) is 7.14. The second kappa shape index (κ2) is 5.61. The minimum atomic E-state index is 0.447. The molecule has 0 bridgehead atoms. The Morgan fingerprint density at radius 2 is 1.89 bits per heavy atom. The van der Waals surface area contributed by atoms with Crippen LogP contribution in [0.15, 0.2) is 24.3 Å². The third kappa shape index (κ3) is 2.78. The molecule has 0 spiro atoms. The first-order valence-electron chi connectivity index (χ1n) is 7.14. The predicted octanol–water partition coefficient (Wildman–Crippen LogP) is 2.42. The molecule has 0 atom stereocenters. The largest absolute Gasteiger partial charge is 0.490 e. The molecule has 0 aromatic heterocycles. The molecule has 3 rings (SSSR count). The Morgan fingerprint density at radius 1 is 1.11 bits per heavy atom. The average Bonchev–Trinajstić information content (AvgIpc) is 2.93. The monoisotopic (exact) mass is 246 g/mol. The number of anilines is 1. The van der Waals surface area contributed by atoms with E-state index in [0.29, 0.717) is 6.10 Å². The van der Waals surface area contributed by atoms with Crippen molar-refractivity contribution in [3.8, 4) is 5.75 Å². The maximum atomic E-state index is 6.06. The maximum Gasteiger partial charge on any atom is 0.121 e. The van der Waals surface area contributed by atoms with Crippen LogP contribution >= 0.6 is 0 Å². The SMILES string of the molecule is c1cc(OC2CCCC2)cc(N2CCNCC2)c1. The Morgan fingerprint density at radius 3 is 2.67 bits per heavy atom. The fraction of sp³-hybridized carbons (Fsp3) is 0.600. The highest BCUT2D eigenvalue weighted by molar-refractivity contribution is 5.51. The summed E-state index contributed by atoms with van der Waals surface area (Å²) in [5, 5.41) is 3.38. The van der Waals surface area contributed by atoms with Gasteiger partial charge in [-0.3, -0.25) is 0 Å². The topological polar surface area (TPSA) is 24.5 Å². The van der Waals surface area contributed by atoms with Crippen LogP contribution in [-0.2, 0) is 0 Å². The van der Waals surface area contributed by atoms with E-state index in [9.17, 15) is 0 Å². The van der Waals surface area contributed by atoms with Crippen LogP contribution in [0.3, 0.4) is 0 Å². The van der Waals surface area contributed by atoms with E-state index in [2.05, 4.69) is 34.5 Å². The third-order valence-corrected chi connectivity index (χ3v) is 3.90. The van der Waals surface area contributed by atoms with E-state index in [1.165, 1.54) is 31.4 Å². The van der Waals surface area contributed by atoms with Crippen LogP contribution in [-0.4, -0.2) is 32.3 Å². The van der Waals surface area contributed by atoms with Gasteiger partial charge in [-0.2, -0.15) is 0 Å². The van der Waals surface area contributed by atoms with Crippen LogP contribution in [0, 0.1) is 0 Å². The Kier molecular flexibility index (Phi) is 3.69. The lowest BCUT2D eigenvalue weighted by Gasteiger charge is -2.29. The molecule has 0 amide bonds. The number of nitrogens with zero attached hydrogens (tertiary/aromatic N) is 1. The first kappa shape index (κ1) is 11.8. The Balaban J connectivity index is 1.67. The molecule has 3 nitrogen and oxygen atoms in total. The van der Waals surface area contributed by atoms with E-state index in [-0.39, 0.29) is 0 Å². The molecule has 0 unspecified atom stereocenters. The molecule has 3 heteroatoms. The van der Waals surface area contributed by atoms with E-state index in [1.54, 1.807) is 0 Å². The summed E-state index contributed by atoms with van der Waals surface area (Å²) in [6.07, 6.45) is 5.53. The van der Waals surface area contributed by atoms with Crippen LogP contribution < -0.4 is 15.0 Å². The number of piperazine rings is 1. The van der Waals surface area contributed by atoms with Gasteiger partial charge < -0.3 is 15.0 Å². The van der Waals surface area contributed by atoms with Crippen molar-refractivity contribution in [3.05, 3.63) is 24.3 Å². The maximum absolute atomic E-state index is 6.06. The number of hydrogen-bond donors (Lipinski definition) is 1. The molecule has 2 aliphatic rings. The van der Waals surface area contributed by atoms with Crippen molar-refractivity contribution in [2.75, 3.05) is 31.1 Å². The summed E-state index contributed by atoms with van der Waals surface area (Å²) in [4.78, 5) is 2.43. The number of benzene rings is 1. The molecule has 1 N–H and O–H groups in total. The van der Waals surface area contributed by atoms with Gasteiger partial charge in [0.2, 0.25) is 0 Å². The van der Waals surface area contributed by atoms with Gasteiger partial charge in [-0.25, -0.2) is 0 Å². The second-order valence-corrected chi connectivity index (χ2v) is 5.26. The van der Waals surface area contributed by atoms with Crippen LogP contribution in [0.5, 0.6) is 5.75 Å². The van der Waals surface area contributed by atoms with Crippen molar-refractivity contribution in [1.82, 2.24) is 5.32 Å². The van der Waals surface area contributed by atoms with Gasteiger partial charge in [-0.1, -0.05) is 6.07 Å². The van der Waals surface area contributed by atoms with Crippen molar-refractivity contribution in [2.24, 2.45) is 0 Å². The Labute approximate surface area is 109 Å². The minimum Gasteiger partial charge on any atom is -0.490 e. The molecule has 1 saturated heterocycles. The van der Waals surface area contributed by atoms with E-state index in [0.717, 1.165) is 31.9 Å². The van der Waals surface area contributed by atoms with Crippen LogP contribution in [0.4, 0.5) is 5.69 Å². The molecule has 2 fully saturated rings. The highest BCUT2D eigenvalue weighted by atomic mass is 16.5. The molecular formula is C15H22N2O. The molecular weight excluding hydrogens is 224 g/mol. The van der Waals surface area contributed by atoms with E-state index >= 15 is 0 Å². The van der Waals surface area contributed by atoms with Crippen molar-refractivity contribution in [1.29, 1.82) is 0 Å². The zero-order valence-corrected chi connectivity index (χ0v) is 10.9. The standard InChI is InChI=1S/C15H22N2O/c1-2-6-14(5-1)18-15-7-3-4-13(12-15)17-10-8-16-9-11-17/h3-4,7,12,14,16H,1-2,5-6,8-11H2. The number of rotatable bonds is 3. The van der Waals surface area contributed by atoms with Crippen molar-refractivity contribution < 1.29 is 4.74 Å². The van der Waals surface area contributed by atoms with E-state index < -0.39 is 0 Å². The van der Waals surface area contributed by atoms with Crippen LogP contribution in [0.2, 0.25) is 0 Å². The van der Waals surface area contributed by atoms with Crippen molar-refractivity contribution in [3.63, 3.8) is 0 Å². The van der Waals surface area contributed by atoms with Gasteiger partial charge >= 0.3 is 0 Å². The van der Waals surface area contributed by atoms with Gasteiger partial charge in [0.15, 0.2) is 0 Å². The van der Waals surface area contributed by atoms with Gasteiger partial charge in [0.05, 0.1) is 6.10 Å². The molecule has 1 aromatic carbocycles. The fourth-order valence-corrected chi connectivity index (χ4v) is 2.88. The summed E-state index contributed by atoms with van der Waals surface area (Å²) < 4.78 is 6.06. The summed E-state index contributed by atoms with van der Waals surface area (Å²) in [6, 6.07) is 8.59. The Bertz CT molecular complexity index is 382. The zero-order chi connectivity index (χ0) is 12.2. The van der Waals surface area contributed by atoms with Crippen molar-refractivity contribution in [2.45, 2.75) is 31.8 Å². The second-order valence-electron chi connectivity index (χ2n) is 5.26. The smallest absolute Gasteiger partial charge is 0.121 e. The summed E-state index contributed by atoms with van der Waals surface area (Å²) in [6.45, 7) is 4.33. The quantitative estimate of drug-likeness (QED) is 0.886. The molecule has 1 heterocycles. The molecule has 1 aliphatic heterocycles. The van der Waals surface area contributed by atoms with E-state index in [1.807, 2.05) is 0 Å². The molecule has 0 radical (unpaired) electrons. The van der Waals surface area contributed by atoms with Gasteiger partial charge in [-0.15, -0.1) is 0 Å². The molecule has 1 saturated carbocycles. The van der Waals surface area contributed by atoms with Gasteiger partial charge in [-0.05, 0) is 37.8 Å². The minimum absolute atomic E-state index is 0.447. The highest BCUT2D eigenvalue weighted by Gasteiger charge is 2.17. The molecule has 1 aromatic rings. The van der Waals surface area contributed by atoms with Gasteiger partial charge in [0.1, 0.15) is 5.75 Å². The van der Waals surface area contributed by atoms with E-state index in [4.69, 9.17) is 4.74 Å². The van der Waals surface area contributed by atoms with Crippen LogP contribution in [0.1, 0.15) is 25.7 Å². The summed E-state index contributed by atoms with van der Waals surface area (Å²) in [7, 11) is 0.